The van der Waals surface area contributed by atoms with Gasteiger partial charge < -0.3 is 29.3 Å². The van der Waals surface area contributed by atoms with E-state index < -0.39 is 40.2 Å². The first kappa shape index (κ1) is 18.7. The first-order valence-electron chi connectivity index (χ1n) is 7.39. The van der Waals surface area contributed by atoms with Gasteiger partial charge in [-0.25, -0.2) is 0 Å². The second-order valence-corrected chi connectivity index (χ2v) is 7.15. The van der Waals surface area contributed by atoms with Gasteiger partial charge in [0, 0.05) is 0 Å². The van der Waals surface area contributed by atoms with Crippen molar-refractivity contribution in [2.45, 2.75) is 37.0 Å². The second-order valence-electron chi connectivity index (χ2n) is 5.65. The standard InChI is InChI=1S/C14H16N2O9S/c1-6-8(5-16-25-6)9-3-2-7(4-15-9)23-13-11(18)10(17)12(19)14(24-13)26(20,21)22/h2-5,10-14,17-19H,1H3,(H,20,21,22)/t10-,11-,12+,13-,14?/m1/s1. The van der Waals surface area contributed by atoms with Crippen molar-refractivity contribution in [1.82, 2.24) is 10.1 Å². The first-order chi connectivity index (χ1) is 12.2. The summed E-state index contributed by atoms with van der Waals surface area (Å²) in [6, 6.07) is 3.03. The summed E-state index contributed by atoms with van der Waals surface area (Å²) < 4.78 is 46.7. The van der Waals surface area contributed by atoms with E-state index >= 15 is 0 Å². The number of aliphatic hydroxyl groups excluding tert-OH is 3. The summed E-state index contributed by atoms with van der Waals surface area (Å²) in [6.45, 7) is 1.71. The van der Waals surface area contributed by atoms with Crippen molar-refractivity contribution in [2.24, 2.45) is 0 Å². The van der Waals surface area contributed by atoms with Crippen LogP contribution < -0.4 is 4.74 Å². The molecule has 0 bridgehead atoms. The highest BCUT2D eigenvalue weighted by atomic mass is 32.2. The minimum Gasteiger partial charge on any atom is -0.460 e. The van der Waals surface area contributed by atoms with Gasteiger partial charge in [-0.15, -0.1) is 0 Å². The predicted molar refractivity (Wildman–Crippen MR) is 83.3 cm³/mol. The van der Waals surface area contributed by atoms with Gasteiger partial charge in [0.1, 0.15) is 29.8 Å². The van der Waals surface area contributed by atoms with E-state index in [1.165, 1.54) is 18.5 Å². The first-order valence-corrected chi connectivity index (χ1v) is 8.89. The number of hydrogen-bond acceptors (Lipinski definition) is 10. The van der Waals surface area contributed by atoms with Gasteiger partial charge in [0.25, 0.3) is 10.1 Å². The molecule has 0 saturated carbocycles. The van der Waals surface area contributed by atoms with Crippen LogP contribution in [0.5, 0.6) is 5.75 Å². The zero-order valence-corrected chi connectivity index (χ0v) is 14.1. The molecule has 5 atom stereocenters. The van der Waals surface area contributed by atoms with Crippen molar-refractivity contribution < 1.29 is 42.3 Å². The Labute approximate surface area is 147 Å². The van der Waals surface area contributed by atoms with Crippen molar-refractivity contribution in [3.63, 3.8) is 0 Å². The van der Waals surface area contributed by atoms with E-state index in [0.29, 0.717) is 17.0 Å². The lowest BCUT2D eigenvalue weighted by molar-refractivity contribution is -0.254. The van der Waals surface area contributed by atoms with Crippen LogP contribution in [0.15, 0.2) is 29.0 Å². The highest BCUT2D eigenvalue weighted by Gasteiger charge is 2.50. The Morgan fingerprint density at radius 1 is 1.12 bits per heavy atom. The fourth-order valence-corrected chi connectivity index (χ4v) is 3.21. The van der Waals surface area contributed by atoms with Gasteiger partial charge in [0.2, 0.25) is 11.7 Å². The maximum atomic E-state index is 11.2. The van der Waals surface area contributed by atoms with Gasteiger partial charge in [0.05, 0.1) is 23.7 Å². The van der Waals surface area contributed by atoms with Crippen LogP contribution in [0.25, 0.3) is 11.3 Å². The molecule has 1 aliphatic heterocycles. The normalized spacial score (nSPS) is 29.5. The molecule has 3 rings (SSSR count). The molecule has 0 radical (unpaired) electrons. The highest BCUT2D eigenvalue weighted by molar-refractivity contribution is 7.86. The SMILES string of the molecule is Cc1oncc1-c1ccc(O[C@@H]2OC(S(=O)(=O)O)[C@@H](O)[C@H](O)[C@H]2O)cn1. The smallest absolute Gasteiger partial charge is 0.295 e. The molecule has 0 aromatic carbocycles. The monoisotopic (exact) mass is 388 g/mol. The minimum absolute atomic E-state index is 0.0876. The van der Waals surface area contributed by atoms with Gasteiger partial charge in [0.15, 0.2) is 0 Å². The van der Waals surface area contributed by atoms with Gasteiger partial charge in [-0.1, -0.05) is 5.16 Å². The summed E-state index contributed by atoms with van der Waals surface area (Å²) in [4.78, 5) is 4.13. The lowest BCUT2D eigenvalue weighted by Gasteiger charge is -2.38. The third-order valence-electron chi connectivity index (χ3n) is 3.83. The third kappa shape index (κ3) is 3.56. The van der Waals surface area contributed by atoms with E-state index in [0.717, 1.165) is 0 Å². The van der Waals surface area contributed by atoms with Crippen LogP contribution in [0.3, 0.4) is 0 Å². The zero-order chi connectivity index (χ0) is 19.1. The van der Waals surface area contributed by atoms with E-state index in [1.54, 1.807) is 13.0 Å². The summed E-state index contributed by atoms with van der Waals surface area (Å²) >= 11 is 0. The quantitative estimate of drug-likeness (QED) is 0.477. The molecule has 0 spiro atoms. The number of aliphatic hydroxyl groups is 3. The Morgan fingerprint density at radius 3 is 2.38 bits per heavy atom. The summed E-state index contributed by atoms with van der Waals surface area (Å²) in [5.74, 6) is 0.648. The van der Waals surface area contributed by atoms with Crippen LogP contribution in [0, 0.1) is 6.92 Å². The van der Waals surface area contributed by atoms with Crippen molar-refractivity contribution >= 4 is 10.1 Å². The molecule has 142 valence electrons. The van der Waals surface area contributed by atoms with Crippen LogP contribution in [0.1, 0.15) is 5.76 Å². The van der Waals surface area contributed by atoms with Gasteiger partial charge in [-0.3, -0.25) is 9.54 Å². The average molecular weight is 388 g/mol. The lowest BCUT2D eigenvalue weighted by atomic mass is 10.1. The second kappa shape index (κ2) is 6.90. The number of ether oxygens (including phenoxy) is 2. The maximum absolute atomic E-state index is 11.2. The molecule has 1 saturated heterocycles. The fourth-order valence-electron chi connectivity index (χ4n) is 2.45. The number of aryl methyl sites for hydroxylation is 1. The Hall–Kier alpha value is -2.09. The molecular formula is C14H16N2O9S. The Bertz CT molecular complexity index is 867. The molecule has 12 heteroatoms. The molecule has 2 aromatic heterocycles. The van der Waals surface area contributed by atoms with E-state index in [4.69, 9.17) is 18.5 Å². The van der Waals surface area contributed by atoms with Crippen molar-refractivity contribution in [2.75, 3.05) is 0 Å². The van der Waals surface area contributed by atoms with E-state index in [9.17, 15) is 23.7 Å². The summed E-state index contributed by atoms with van der Waals surface area (Å²) in [6.07, 6.45) is -4.61. The summed E-state index contributed by atoms with van der Waals surface area (Å²) in [7, 11) is -4.85. The van der Waals surface area contributed by atoms with Crippen molar-refractivity contribution in [3.8, 4) is 17.0 Å². The van der Waals surface area contributed by atoms with Crippen LogP contribution >= 0.6 is 0 Å². The van der Waals surface area contributed by atoms with Crippen LogP contribution in [0.2, 0.25) is 0 Å². The molecule has 1 fully saturated rings. The van der Waals surface area contributed by atoms with Gasteiger partial charge >= 0.3 is 0 Å². The van der Waals surface area contributed by atoms with Crippen molar-refractivity contribution in [1.29, 1.82) is 0 Å². The molecule has 0 aliphatic carbocycles. The zero-order valence-electron chi connectivity index (χ0n) is 13.3. The molecule has 3 heterocycles. The Balaban J connectivity index is 1.78. The Kier molecular flexibility index (Phi) is 4.96. The van der Waals surface area contributed by atoms with Crippen LogP contribution in [-0.2, 0) is 14.9 Å². The molecule has 2 aromatic rings. The number of aromatic nitrogens is 2. The summed E-state index contributed by atoms with van der Waals surface area (Å²) in [5.41, 5.74) is -0.972. The largest absolute Gasteiger partial charge is 0.460 e. The maximum Gasteiger partial charge on any atom is 0.295 e. The van der Waals surface area contributed by atoms with Gasteiger partial charge in [-0.2, -0.15) is 8.42 Å². The number of nitrogens with zero attached hydrogens (tertiary/aromatic N) is 2. The number of hydrogen-bond donors (Lipinski definition) is 4. The molecular weight excluding hydrogens is 372 g/mol. The Morgan fingerprint density at radius 2 is 1.85 bits per heavy atom. The summed E-state index contributed by atoms with van der Waals surface area (Å²) in [5, 5.41) is 33.0. The third-order valence-corrected chi connectivity index (χ3v) is 4.81. The molecule has 11 nitrogen and oxygen atoms in total. The highest BCUT2D eigenvalue weighted by Crippen LogP contribution is 2.27. The predicted octanol–water partition coefficient (Wildman–Crippen LogP) is -0.923. The lowest BCUT2D eigenvalue weighted by Crippen LogP contribution is -2.61. The average Bonchev–Trinajstić information content (AvgIpc) is 3.01. The molecule has 1 aliphatic rings. The van der Waals surface area contributed by atoms with Crippen molar-refractivity contribution in [3.05, 3.63) is 30.3 Å². The van der Waals surface area contributed by atoms with E-state index in [1.807, 2.05) is 0 Å². The topological polar surface area (TPSA) is 172 Å². The minimum atomic E-state index is -4.85. The number of pyridine rings is 1. The van der Waals surface area contributed by atoms with Gasteiger partial charge in [-0.05, 0) is 19.1 Å². The molecule has 1 unspecified atom stereocenters. The molecule has 26 heavy (non-hydrogen) atoms. The van der Waals surface area contributed by atoms with E-state index in [-0.39, 0.29) is 5.75 Å². The fraction of sp³-hybridized carbons (Fsp3) is 0.429. The van der Waals surface area contributed by atoms with Crippen LogP contribution in [0.4, 0.5) is 0 Å². The van der Waals surface area contributed by atoms with E-state index in [2.05, 4.69) is 10.1 Å². The number of rotatable bonds is 4. The van der Waals surface area contributed by atoms with Crippen LogP contribution in [-0.4, -0.2) is 68.5 Å². The molecule has 0 amide bonds. The molecule has 4 N–H and O–H groups in total.